The number of H-pyrrole nitrogens is 1. The number of nitrogens with zero attached hydrogens (tertiary/aromatic N) is 4. The largest absolute Gasteiger partial charge is 0.460 e. The molecule has 1 aromatic carbocycles. The summed E-state index contributed by atoms with van der Waals surface area (Å²) in [6, 6.07) is 8.00. The van der Waals surface area contributed by atoms with Gasteiger partial charge in [0, 0.05) is 50.2 Å². The Kier molecular flexibility index (Phi) is 9.31. The molecule has 10 nitrogen and oxygen atoms in total. The minimum absolute atomic E-state index is 0.0265. The monoisotopic (exact) mass is 606 g/mol. The number of aromatic nitrogens is 3. The molecule has 3 heterocycles. The van der Waals surface area contributed by atoms with Crippen LogP contribution in [0.25, 0.3) is 11.3 Å². The normalized spacial score (nSPS) is 16.6. The molecule has 0 unspecified atom stereocenters. The number of piperazine rings is 1. The zero-order valence-corrected chi connectivity index (χ0v) is 26.4. The molecule has 0 bridgehead atoms. The Labute approximate surface area is 257 Å². The Morgan fingerprint density at radius 3 is 2.44 bits per heavy atom. The van der Waals surface area contributed by atoms with E-state index in [0.717, 1.165) is 78.7 Å². The van der Waals surface area contributed by atoms with Crippen LogP contribution in [0, 0.1) is 5.41 Å². The van der Waals surface area contributed by atoms with Crippen molar-refractivity contribution in [3.05, 3.63) is 57.7 Å². The number of aromatic amines is 1. The summed E-state index contributed by atoms with van der Waals surface area (Å²) in [4.78, 5) is 47.3. The molecule has 0 spiro atoms. The summed E-state index contributed by atoms with van der Waals surface area (Å²) in [6.07, 6.45) is 4.70. The van der Waals surface area contributed by atoms with Crippen LogP contribution in [0.3, 0.4) is 0 Å². The third kappa shape index (κ3) is 7.69. The van der Waals surface area contributed by atoms with Crippen molar-refractivity contribution in [1.29, 1.82) is 0 Å². The summed E-state index contributed by atoms with van der Waals surface area (Å²) in [6.45, 7) is 11.8. The molecule has 43 heavy (non-hydrogen) atoms. The van der Waals surface area contributed by atoms with Crippen molar-refractivity contribution in [2.45, 2.75) is 71.9 Å². The molecule has 2 aromatic heterocycles. The fourth-order valence-corrected chi connectivity index (χ4v) is 6.79. The van der Waals surface area contributed by atoms with Crippen molar-refractivity contribution in [3.63, 3.8) is 0 Å². The van der Waals surface area contributed by atoms with Crippen LogP contribution in [0.4, 0.5) is 0 Å². The number of amides is 2. The molecular weight excluding hydrogens is 564 g/mol. The Morgan fingerprint density at radius 1 is 1.09 bits per heavy atom. The molecule has 0 atom stereocenters. The molecule has 11 heteroatoms. The van der Waals surface area contributed by atoms with Gasteiger partial charge >= 0.3 is 5.97 Å². The van der Waals surface area contributed by atoms with Gasteiger partial charge in [-0.05, 0) is 64.1 Å². The van der Waals surface area contributed by atoms with Crippen LogP contribution in [0.15, 0.2) is 35.8 Å². The number of nitrogens with one attached hydrogen (secondary N) is 2. The molecule has 0 radical (unpaired) electrons. The van der Waals surface area contributed by atoms with Crippen LogP contribution in [-0.2, 0) is 44.9 Å². The summed E-state index contributed by atoms with van der Waals surface area (Å²) >= 11 is 1.50. The first-order chi connectivity index (χ1) is 20.5. The summed E-state index contributed by atoms with van der Waals surface area (Å²) in [7, 11) is 0. The smallest absolute Gasteiger partial charge is 0.307 e. The molecule has 2 N–H and O–H groups in total. The predicted octanol–water partition coefficient (Wildman–Crippen LogP) is 3.76. The van der Waals surface area contributed by atoms with Gasteiger partial charge in [0.05, 0.1) is 29.8 Å². The van der Waals surface area contributed by atoms with Crippen LogP contribution < -0.4 is 5.32 Å². The van der Waals surface area contributed by atoms with E-state index in [1.165, 1.54) is 11.3 Å². The van der Waals surface area contributed by atoms with Crippen LogP contribution in [0.2, 0.25) is 0 Å². The lowest BCUT2D eigenvalue weighted by molar-refractivity contribution is -0.160. The highest BCUT2D eigenvalue weighted by Crippen LogP contribution is 2.41. The number of carbonyl (C=O) groups excluding carboxylic acids is 3. The molecule has 0 saturated carbocycles. The Hall–Kier alpha value is -3.57. The van der Waals surface area contributed by atoms with E-state index in [9.17, 15) is 14.4 Å². The van der Waals surface area contributed by atoms with Crippen LogP contribution in [0.5, 0.6) is 0 Å². The van der Waals surface area contributed by atoms with E-state index in [2.05, 4.69) is 20.4 Å². The molecule has 230 valence electrons. The van der Waals surface area contributed by atoms with E-state index < -0.39 is 11.0 Å². The molecular formula is C32H42N6O4S. The van der Waals surface area contributed by atoms with Gasteiger partial charge in [-0.2, -0.15) is 5.10 Å². The molecule has 2 aliphatic rings. The van der Waals surface area contributed by atoms with E-state index in [-0.39, 0.29) is 30.7 Å². The van der Waals surface area contributed by atoms with E-state index in [4.69, 9.17) is 9.72 Å². The van der Waals surface area contributed by atoms with Crippen molar-refractivity contribution < 1.29 is 19.1 Å². The Morgan fingerprint density at radius 2 is 1.79 bits per heavy atom. The van der Waals surface area contributed by atoms with Crippen molar-refractivity contribution in [2.75, 3.05) is 32.7 Å². The first kappa shape index (κ1) is 30.9. The van der Waals surface area contributed by atoms with Gasteiger partial charge in [0.1, 0.15) is 10.6 Å². The molecule has 2 amide bonds. The molecule has 3 aromatic rings. The average molecular weight is 607 g/mol. The number of aryl methyl sites for hydroxylation is 1. The van der Waals surface area contributed by atoms with Crippen molar-refractivity contribution in [3.8, 4) is 11.3 Å². The number of hydrogen-bond donors (Lipinski definition) is 2. The Bertz CT molecular complexity index is 1420. The number of benzene rings is 1. The highest BCUT2D eigenvalue weighted by Gasteiger charge is 2.46. The van der Waals surface area contributed by atoms with Crippen molar-refractivity contribution >= 4 is 29.1 Å². The highest BCUT2D eigenvalue weighted by molar-refractivity contribution is 7.09. The minimum atomic E-state index is -0.886. The SMILES string of the molecule is CC(=O)N1CCN(CCCc2n[nH]cc2-c2csc(CNC(=O)C3(CC(=O)OC(C)(C)C)Cc4ccccc4C3)n2)CC1. The van der Waals surface area contributed by atoms with Gasteiger partial charge < -0.3 is 15.0 Å². The van der Waals surface area contributed by atoms with Gasteiger partial charge in [0.2, 0.25) is 11.8 Å². The maximum atomic E-state index is 13.7. The maximum absolute atomic E-state index is 13.7. The van der Waals surface area contributed by atoms with Crippen LogP contribution in [0.1, 0.15) is 62.4 Å². The van der Waals surface area contributed by atoms with Crippen molar-refractivity contribution in [1.82, 2.24) is 30.3 Å². The first-order valence-electron chi connectivity index (χ1n) is 15.0. The van der Waals surface area contributed by atoms with Crippen molar-refractivity contribution in [2.24, 2.45) is 5.41 Å². The third-order valence-electron chi connectivity index (χ3n) is 8.21. The second kappa shape index (κ2) is 13.0. The van der Waals surface area contributed by atoms with E-state index in [1.54, 1.807) is 6.92 Å². The summed E-state index contributed by atoms with van der Waals surface area (Å²) in [5.41, 5.74) is 3.49. The Balaban J connectivity index is 1.18. The van der Waals surface area contributed by atoms with E-state index in [1.807, 2.05) is 61.5 Å². The fraction of sp³-hybridized carbons (Fsp3) is 0.531. The second-order valence-corrected chi connectivity index (χ2v) is 13.6. The highest BCUT2D eigenvalue weighted by atomic mass is 32.1. The van der Waals surface area contributed by atoms with Crippen LogP contribution >= 0.6 is 11.3 Å². The number of carbonyl (C=O) groups is 3. The number of rotatable bonds is 10. The molecule has 1 fully saturated rings. The quantitative estimate of drug-likeness (QED) is 0.337. The maximum Gasteiger partial charge on any atom is 0.307 e. The topological polar surface area (TPSA) is 121 Å². The zero-order valence-electron chi connectivity index (χ0n) is 25.6. The lowest BCUT2D eigenvalue weighted by Crippen LogP contribution is -2.48. The van der Waals surface area contributed by atoms with Gasteiger partial charge in [-0.25, -0.2) is 4.98 Å². The number of fused-ring (bicyclic) bond motifs is 1. The summed E-state index contributed by atoms with van der Waals surface area (Å²) < 4.78 is 5.61. The predicted molar refractivity (Wildman–Crippen MR) is 165 cm³/mol. The molecule has 1 saturated heterocycles. The standard InChI is InChI=1S/C32H42N6O4S/c1-22(39)38-14-12-37(13-15-38)11-7-10-26-25(19-34-36-26)27-21-43-28(35-27)20-33-30(41)32(18-29(40)42-31(2,3)4)16-23-8-5-6-9-24(23)17-32/h5-6,8-9,19,21H,7,10-18,20H2,1-4H3,(H,33,41)(H,34,36). The molecule has 1 aliphatic carbocycles. The third-order valence-corrected chi connectivity index (χ3v) is 9.06. The molecule has 1 aliphatic heterocycles. The van der Waals surface area contributed by atoms with Gasteiger partial charge in [-0.1, -0.05) is 24.3 Å². The lowest BCUT2D eigenvalue weighted by Gasteiger charge is -2.34. The molecule has 5 rings (SSSR count). The van der Waals surface area contributed by atoms with Gasteiger partial charge in [0.25, 0.3) is 0 Å². The lowest BCUT2D eigenvalue weighted by atomic mass is 9.80. The fourth-order valence-electron chi connectivity index (χ4n) is 6.06. The van der Waals surface area contributed by atoms with E-state index in [0.29, 0.717) is 12.8 Å². The van der Waals surface area contributed by atoms with Gasteiger partial charge in [-0.3, -0.25) is 24.4 Å². The van der Waals surface area contributed by atoms with Crippen LogP contribution in [-0.4, -0.2) is 81.1 Å². The number of hydrogen-bond acceptors (Lipinski definition) is 8. The van der Waals surface area contributed by atoms with Gasteiger partial charge in [-0.15, -0.1) is 11.3 Å². The average Bonchev–Trinajstić information content (AvgIpc) is 3.69. The number of esters is 1. The number of thiazole rings is 1. The second-order valence-electron chi connectivity index (χ2n) is 12.7. The summed E-state index contributed by atoms with van der Waals surface area (Å²) in [5, 5.41) is 13.4. The van der Waals surface area contributed by atoms with Gasteiger partial charge in [0.15, 0.2) is 0 Å². The number of ether oxygens (including phenoxy) is 1. The zero-order chi connectivity index (χ0) is 30.6. The minimum Gasteiger partial charge on any atom is -0.460 e. The first-order valence-corrected chi connectivity index (χ1v) is 15.9. The summed E-state index contributed by atoms with van der Waals surface area (Å²) in [5.74, 6) is -0.371. The van der Waals surface area contributed by atoms with E-state index >= 15 is 0 Å².